The molecular formula is C21H27NO3. The van der Waals surface area contributed by atoms with Gasteiger partial charge in [0.1, 0.15) is 11.5 Å². The SMILES string of the molecule is COc1ccc(C(NC(=O)CCc2ccccc2OC)C(C)C)cc1. The van der Waals surface area contributed by atoms with Crippen molar-refractivity contribution in [1.82, 2.24) is 5.32 Å². The number of carbonyl (C=O) groups excluding carboxylic acids is 1. The Morgan fingerprint density at radius 2 is 1.68 bits per heavy atom. The summed E-state index contributed by atoms with van der Waals surface area (Å²) in [6, 6.07) is 15.6. The molecule has 0 aliphatic carbocycles. The Hall–Kier alpha value is -2.49. The van der Waals surface area contributed by atoms with E-state index in [0.29, 0.717) is 18.8 Å². The molecule has 2 aromatic rings. The smallest absolute Gasteiger partial charge is 0.220 e. The van der Waals surface area contributed by atoms with Crippen molar-refractivity contribution < 1.29 is 14.3 Å². The zero-order valence-electron chi connectivity index (χ0n) is 15.4. The van der Waals surface area contributed by atoms with Gasteiger partial charge in [0.2, 0.25) is 5.91 Å². The molecule has 0 fully saturated rings. The van der Waals surface area contributed by atoms with Gasteiger partial charge in [0.05, 0.1) is 20.3 Å². The molecular weight excluding hydrogens is 314 g/mol. The largest absolute Gasteiger partial charge is 0.497 e. The minimum Gasteiger partial charge on any atom is -0.497 e. The number of hydrogen-bond donors (Lipinski definition) is 1. The highest BCUT2D eigenvalue weighted by molar-refractivity contribution is 5.76. The summed E-state index contributed by atoms with van der Waals surface area (Å²) in [5.41, 5.74) is 2.13. The predicted octanol–water partition coefficient (Wildman–Crippen LogP) is 4.15. The number of nitrogens with one attached hydrogen (secondary N) is 1. The second-order valence-corrected chi connectivity index (χ2v) is 6.37. The first-order valence-electron chi connectivity index (χ1n) is 8.60. The van der Waals surface area contributed by atoms with E-state index < -0.39 is 0 Å². The molecule has 0 bridgehead atoms. The van der Waals surface area contributed by atoms with Crippen LogP contribution >= 0.6 is 0 Å². The Bertz CT molecular complexity index is 680. The molecule has 0 spiro atoms. The van der Waals surface area contributed by atoms with Gasteiger partial charge in [-0.3, -0.25) is 4.79 Å². The van der Waals surface area contributed by atoms with Crippen molar-refractivity contribution in [3.63, 3.8) is 0 Å². The number of hydrogen-bond acceptors (Lipinski definition) is 3. The third-order valence-electron chi connectivity index (χ3n) is 4.27. The number of carbonyl (C=O) groups is 1. The van der Waals surface area contributed by atoms with Crippen molar-refractivity contribution in [2.75, 3.05) is 14.2 Å². The number of benzene rings is 2. The van der Waals surface area contributed by atoms with E-state index in [9.17, 15) is 4.79 Å². The van der Waals surface area contributed by atoms with Crippen molar-refractivity contribution >= 4 is 5.91 Å². The fourth-order valence-electron chi connectivity index (χ4n) is 2.85. The van der Waals surface area contributed by atoms with E-state index in [1.807, 2.05) is 48.5 Å². The van der Waals surface area contributed by atoms with Gasteiger partial charge in [0.15, 0.2) is 0 Å². The van der Waals surface area contributed by atoms with Crippen molar-refractivity contribution in [2.45, 2.75) is 32.7 Å². The molecule has 0 saturated heterocycles. The van der Waals surface area contributed by atoms with Crippen LogP contribution in [0.25, 0.3) is 0 Å². The molecule has 0 aliphatic rings. The van der Waals surface area contributed by atoms with Crippen molar-refractivity contribution in [1.29, 1.82) is 0 Å². The van der Waals surface area contributed by atoms with E-state index >= 15 is 0 Å². The second kappa shape index (κ2) is 9.11. The highest BCUT2D eigenvalue weighted by atomic mass is 16.5. The molecule has 0 radical (unpaired) electrons. The Balaban J connectivity index is 2.00. The lowest BCUT2D eigenvalue weighted by molar-refractivity contribution is -0.122. The minimum atomic E-state index is -0.0175. The predicted molar refractivity (Wildman–Crippen MR) is 100 cm³/mol. The second-order valence-electron chi connectivity index (χ2n) is 6.37. The maximum Gasteiger partial charge on any atom is 0.220 e. The first-order valence-corrected chi connectivity index (χ1v) is 8.60. The Morgan fingerprint density at radius 3 is 2.28 bits per heavy atom. The van der Waals surface area contributed by atoms with Gasteiger partial charge < -0.3 is 14.8 Å². The quantitative estimate of drug-likeness (QED) is 0.784. The van der Waals surface area contributed by atoms with Gasteiger partial charge in [-0.1, -0.05) is 44.2 Å². The lowest BCUT2D eigenvalue weighted by Crippen LogP contribution is -2.31. The molecule has 4 heteroatoms. The molecule has 0 saturated carbocycles. The van der Waals surface area contributed by atoms with Crippen molar-refractivity contribution in [3.05, 3.63) is 59.7 Å². The first kappa shape index (κ1) is 18.8. The van der Waals surface area contributed by atoms with Crippen LogP contribution in [0.4, 0.5) is 0 Å². The monoisotopic (exact) mass is 341 g/mol. The van der Waals surface area contributed by atoms with Gasteiger partial charge >= 0.3 is 0 Å². The van der Waals surface area contributed by atoms with E-state index in [1.54, 1.807) is 14.2 Å². The number of methoxy groups -OCH3 is 2. The van der Waals surface area contributed by atoms with Crippen LogP contribution < -0.4 is 14.8 Å². The summed E-state index contributed by atoms with van der Waals surface area (Å²) < 4.78 is 10.5. The fourth-order valence-corrected chi connectivity index (χ4v) is 2.85. The summed E-state index contributed by atoms with van der Waals surface area (Å²) in [6.45, 7) is 4.21. The highest BCUT2D eigenvalue weighted by Crippen LogP contribution is 2.24. The van der Waals surface area contributed by atoms with Crippen LogP contribution in [0.3, 0.4) is 0 Å². The molecule has 1 unspecified atom stereocenters. The summed E-state index contributed by atoms with van der Waals surface area (Å²) in [4.78, 5) is 12.5. The third-order valence-corrected chi connectivity index (χ3v) is 4.27. The minimum absolute atomic E-state index is 0.0175. The Kier molecular flexibility index (Phi) is 6.87. The summed E-state index contributed by atoms with van der Waals surface area (Å²) in [5.74, 6) is 1.98. The Labute approximate surface area is 150 Å². The molecule has 25 heavy (non-hydrogen) atoms. The summed E-state index contributed by atoms with van der Waals surface area (Å²) in [6.07, 6.45) is 1.09. The average molecular weight is 341 g/mol. The number of rotatable bonds is 8. The first-order chi connectivity index (χ1) is 12.0. The zero-order chi connectivity index (χ0) is 18.2. The maximum atomic E-state index is 12.5. The van der Waals surface area contributed by atoms with Crippen LogP contribution in [-0.4, -0.2) is 20.1 Å². The van der Waals surface area contributed by atoms with Crippen LogP contribution in [0.15, 0.2) is 48.5 Å². The Morgan fingerprint density at radius 1 is 1.00 bits per heavy atom. The maximum absolute atomic E-state index is 12.5. The standard InChI is InChI=1S/C21H27NO3/c1-15(2)21(17-9-12-18(24-3)13-10-17)22-20(23)14-11-16-7-5-6-8-19(16)25-4/h5-10,12-13,15,21H,11,14H2,1-4H3,(H,22,23). The molecule has 1 N–H and O–H groups in total. The molecule has 1 amide bonds. The average Bonchev–Trinajstić information content (AvgIpc) is 2.64. The van der Waals surface area contributed by atoms with E-state index in [0.717, 1.165) is 22.6 Å². The highest BCUT2D eigenvalue weighted by Gasteiger charge is 2.18. The van der Waals surface area contributed by atoms with Crippen molar-refractivity contribution in [2.24, 2.45) is 5.92 Å². The van der Waals surface area contributed by atoms with E-state index in [1.165, 1.54) is 0 Å². The molecule has 4 nitrogen and oxygen atoms in total. The van der Waals surface area contributed by atoms with E-state index in [4.69, 9.17) is 9.47 Å². The van der Waals surface area contributed by atoms with Crippen LogP contribution in [0, 0.1) is 5.92 Å². The lowest BCUT2D eigenvalue weighted by atomic mass is 9.95. The lowest BCUT2D eigenvalue weighted by Gasteiger charge is -2.23. The van der Waals surface area contributed by atoms with Crippen molar-refractivity contribution in [3.8, 4) is 11.5 Å². The number of para-hydroxylation sites is 1. The number of ether oxygens (including phenoxy) is 2. The van der Waals surface area contributed by atoms with Gasteiger partial charge in [-0.15, -0.1) is 0 Å². The number of amides is 1. The van der Waals surface area contributed by atoms with Crippen LogP contribution in [-0.2, 0) is 11.2 Å². The molecule has 0 aromatic heterocycles. The van der Waals surface area contributed by atoms with Crippen LogP contribution in [0.1, 0.15) is 37.4 Å². The van der Waals surface area contributed by atoms with Crippen LogP contribution in [0.5, 0.6) is 11.5 Å². The normalized spacial score (nSPS) is 11.9. The zero-order valence-corrected chi connectivity index (χ0v) is 15.4. The summed E-state index contributed by atoms with van der Waals surface area (Å²) >= 11 is 0. The molecule has 0 aliphatic heterocycles. The van der Waals surface area contributed by atoms with Gasteiger partial charge in [-0.05, 0) is 41.7 Å². The molecule has 2 aromatic carbocycles. The van der Waals surface area contributed by atoms with Gasteiger partial charge in [0, 0.05) is 6.42 Å². The molecule has 2 rings (SSSR count). The van der Waals surface area contributed by atoms with E-state index in [2.05, 4.69) is 19.2 Å². The van der Waals surface area contributed by atoms with E-state index in [-0.39, 0.29) is 11.9 Å². The molecule has 0 heterocycles. The van der Waals surface area contributed by atoms with Crippen LogP contribution in [0.2, 0.25) is 0 Å². The topological polar surface area (TPSA) is 47.6 Å². The third kappa shape index (κ3) is 5.24. The summed E-state index contributed by atoms with van der Waals surface area (Å²) in [7, 11) is 3.30. The molecule has 134 valence electrons. The van der Waals surface area contributed by atoms with Gasteiger partial charge in [-0.2, -0.15) is 0 Å². The fraction of sp³-hybridized carbons (Fsp3) is 0.381. The number of aryl methyl sites for hydroxylation is 1. The molecule has 1 atom stereocenters. The van der Waals surface area contributed by atoms with Gasteiger partial charge in [0.25, 0.3) is 0 Å². The van der Waals surface area contributed by atoms with Gasteiger partial charge in [-0.25, -0.2) is 0 Å². The summed E-state index contributed by atoms with van der Waals surface area (Å²) in [5, 5.41) is 3.16.